The average molecular weight is 219 g/mol. The molecule has 0 aliphatic rings. The first-order chi connectivity index (χ1) is 7.68. The minimum atomic E-state index is -0.540. The summed E-state index contributed by atoms with van der Waals surface area (Å²) >= 11 is 0. The normalized spacial score (nSPS) is 12.7. The summed E-state index contributed by atoms with van der Waals surface area (Å²) in [6.07, 6.45) is 1.30. The molecule has 0 bridgehead atoms. The summed E-state index contributed by atoms with van der Waals surface area (Å²) in [6, 6.07) is 10.4. The Bertz CT molecular complexity index is 476. The van der Waals surface area contributed by atoms with Gasteiger partial charge >= 0.3 is 0 Å². The number of nitrogens with zero attached hydrogens (tertiary/aromatic N) is 1. The summed E-state index contributed by atoms with van der Waals surface area (Å²) in [4.78, 5) is 0. The lowest BCUT2D eigenvalue weighted by Gasteiger charge is -2.11. The Morgan fingerprint density at radius 2 is 2.00 bits per heavy atom. The van der Waals surface area contributed by atoms with Crippen molar-refractivity contribution in [2.75, 3.05) is 0 Å². The van der Waals surface area contributed by atoms with Gasteiger partial charge in [-0.15, -0.1) is 0 Å². The zero-order valence-corrected chi connectivity index (χ0v) is 9.10. The summed E-state index contributed by atoms with van der Waals surface area (Å²) in [5.74, 6) is -0.215. The molecule has 0 aliphatic carbocycles. The zero-order chi connectivity index (χ0) is 11.5. The molecule has 0 fully saturated rings. The van der Waals surface area contributed by atoms with Crippen LogP contribution in [0.1, 0.15) is 24.3 Å². The SMILES string of the molecule is CC(O)c1cccn1Cc1ccccc1F. The van der Waals surface area contributed by atoms with Gasteiger partial charge in [-0.25, -0.2) is 4.39 Å². The van der Waals surface area contributed by atoms with Crippen LogP contribution >= 0.6 is 0 Å². The summed E-state index contributed by atoms with van der Waals surface area (Å²) in [5.41, 5.74) is 1.42. The minimum Gasteiger partial charge on any atom is -0.387 e. The second-order valence-corrected chi connectivity index (χ2v) is 3.83. The third-order valence-corrected chi connectivity index (χ3v) is 2.59. The van der Waals surface area contributed by atoms with Crippen molar-refractivity contribution in [2.24, 2.45) is 0 Å². The Balaban J connectivity index is 2.27. The predicted molar refractivity (Wildman–Crippen MR) is 60.6 cm³/mol. The molecular weight excluding hydrogens is 205 g/mol. The monoisotopic (exact) mass is 219 g/mol. The highest BCUT2D eigenvalue weighted by Gasteiger charge is 2.08. The summed E-state index contributed by atoms with van der Waals surface area (Å²) in [5, 5.41) is 9.53. The minimum absolute atomic E-state index is 0.215. The maximum absolute atomic E-state index is 13.4. The van der Waals surface area contributed by atoms with E-state index in [0.29, 0.717) is 12.1 Å². The molecule has 0 amide bonds. The third kappa shape index (κ3) is 2.14. The maximum Gasteiger partial charge on any atom is 0.128 e. The van der Waals surface area contributed by atoms with E-state index in [1.807, 2.05) is 29.0 Å². The smallest absolute Gasteiger partial charge is 0.128 e. The van der Waals surface area contributed by atoms with E-state index in [9.17, 15) is 9.50 Å². The number of rotatable bonds is 3. The first-order valence-electron chi connectivity index (χ1n) is 5.25. The molecular formula is C13H14FNO. The van der Waals surface area contributed by atoms with Gasteiger partial charge in [0.2, 0.25) is 0 Å². The number of aliphatic hydroxyl groups excluding tert-OH is 1. The fraction of sp³-hybridized carbons (Fsp3) is 0.231. The molecule has 0 saturated carbocycles. The number of aromatic nitrogens is 1. The fourth-order valence-electron chi connectivity index (χ4n) is 1.76. The molecule has 0 aliphatic heterocycles. The Morgan fingerprint density at radius 3 is 2.69 bits per heavy atom. The van der Waals surface area contributed by atoms with Gasteiger partial charge in [0.25, 0.3) is 0 Å². The Kier molecular flexibility index (Phi) is 3.06. The first-order valence-corrected chi connectivity index (χ1v) is 5.25. The molecule has 1 aromatic heterocycles. The van der Waals surface area contributed by atoms with Crippen LogP contribution in [0.15, 0.2) is 42.6 Å². The molecule has 0 radical (unpaired) electrons. The highest BCUT2D eigenvalue weighted by atomic mass is 19.1. The van der Waals surface area contributed by atoms with Crippen LogP contribution in [0, 0.1) is 5.82 Å². The van der Waals surface area contributed by atoms with E-state index in [1.54, 1.807) is 19.1 Å². The number of hydrogen-bond donors (Lipinski definition) is 1. The Morgan fingerprint density at radius 1 is 1.25 bits per heavy atom. The molecule has 1 unspecified atom stereocenters. The lowest BCUT2D eigenvalue weighted by Crippen LogP contribution is -2.06. The van der Waals surface area contributed by atoms with Crippen LogP contribution < -0.4 is 0 Å². The van der Waals surface area contributed by atoms with Crippen molar-refractivity contribution in [3.8, 4) is 0 Å². The maximum atomic E-state index is 13.4. The van der Waals surface area contributed by atoms with Crippen molar-refractivity contribution in [1.82, 2.24) is 4.57 Å². The summed E-state index contributed by atoms with van der Waals surface area (Å²) in [6.45, 7) is 2.15. The van der Waals surface area contributed by atoms with Gasteiger partial charge in [-0.3, -0.25) is 0 Å². The molecule has 2 nitrogen and oxygen atoms in total. The van der Waals surface area contributed by atoms with E-state index in [1.165, 1.54) is 6.07 Å². The lowest BCUT2D eigenvalue weighted by molar-refractivity contribution is 0.189. The second-order valence-electron chi connectivity index (χ2n) is 3.83. The predicted octanol–water partition coefficient (Wildman–Crippen LogP) is 2.73. The molecule has 1 N–H and O–H groups in total. The van der Waals surface area contributed by atoms with Crippen molar-refractivity contribution in [2.45, 2.75) is 19.6 Å². The van der Waals surface area contributed by atoms with Gasteiger partial charge in [0, 0.05) is 17.5 Å². The highest BCUT2D eigenvalue weighted by molar-refractivity contribution is 5.20. The van der Waals surface area contributed by atoms with Gasteiger partial charge in [0.15, 0.2) is 0 Å². The third-order valence-electron chi connectivity index (χ3n) is 2.59. The zero-order valence-electron chi connectivity index (χ0n) is 9.10. The molecule has 2 rings (SSSR count). The largest absolute Gasteiger partial charge is 0.387 e. The summed E-state index contributed by atoms with van der Waals surface area (Å²) in [7, 11) is 0. The molecule has 1 heterocycles. The molecule has 0 saturated heterocycles. The van der Waals surface area contributed by atoms with E-state index in [0.717, 1.165) is 5.69 Å². The number of aliphatic hydroxyl groups is 1. The van der Waals surface area contributed by atoms with Crippen LogP contribution in [0.3, 0.4) is 0 Å². The van der Waals surface area contributed by atoms with Crippen molar-refractivity contribution in [3.63, 3.8) is 0 Å². The van der Waals surface area contributed by atoms with Crippen LogP contribution in [0.4, 0.5) is 4.39 Å². The van der Waals surface area contributed by atoms with Crippen LogP contribution in [0.2, 0.25) is 0 Å². The van der Waals surface area contributed by atoms with Crippen LogP contribution in [0.5, 0.6) is 0 Å². The van der Waals surface area contributed by atoms with Crippen molar-refractivity contribution < 1.29 is 9.50 Å². The highest BCUT2D eigenvalue weighted by Crippen LogP contribution is 2.16. The number of hydrogen-bond acceptors (Lipinski definition) is 1. The van der Waals surface area contributed by atoms with Crippen molar-refractivity contribution in [3.05, 3.63) is 59.7 Å². The van der Waals surface area contributed by atoms with Crippen molar-refractivity contribution in [1.29, 1.82) is 0 Å². The van der Waals surface area contributed by atoms with Crippen LogP contribution in [-0.2, 0) is 6.54 Å². The van der Waals surface area contributed by atoms with E-state index in [2.05, 4.69) is 0 Å². The molecule has 16 heavy (non-hydrogen) atoms. The lowest BCUT2D eigenvalue weighted by atomic mass is 10.2. The first kappa shape index (κ1) is 10.9. The fourth-order valence-corrected chi connectivity index (χ4v) is 1.76. The van der Waals surface area contributed by atoms with Crippen LogP contribution in [0.25, 0.3) is 0 Å². The van der Waals surface area contributed by atoms with Gasteiger partial charge in [-0.1, -0.05) is 18.2 Å². The molecule has 0 spiro atoms. The van der Waals surface area contributed by atoms with Gasteiger partial charge < -0.3 is 9.67 Å². The van der Waals surface area contributed by atoms with E-state index in [4.69, 9.17) is 0 Å². The van der Waals surface area contributed by atoms with Crippen LogP contribution in [-0.4, -0.2) is 9.67 Å². The van der Waals surface area contributed by atoms with Gasteiger partial charge in [-0.2, -0.15) is 0 Å². The van der Waals surface area contributed by atoms with Gasteiger partial charge in [-0.05, 0) is 25.1 Å². The Labute approximate surface area is 94.0 Å². The quantitative estimate of drug-likeness (QED) is 0.843. The summed E-state index contributed by atoms with van der Waals surface area (Å²) < 4.78 is 15.3. The number of benzene rings is 1. The van der Waals surface area contributed by atoms with E-state index < -0.39 is 6.10 Å². The molecule has 2 aromatic rings. The average Bonchev–Trinajstić information content (AvgIpc) is 2.69. The van der Waals surface area contributed by atoms with E-state index in [-0.39, 0.29) is 5.82 Å². The second kappa shape index (κ2) is 4.49. The molecule has 1 atom stereocenters. The Hall–Kier alpha value is -1.61. The molecule has 84 valence electrons. The van der Waals surface area contributed by atoms with Gasteiger partial charge in [0.05, 0.1) is 12.6 Å². The van der Waals surface area contributed by atoms with E-state index >= 15 is 0 Å². The molecule has 3 heteroatoms. The standard InChI is InChI=1S/C13H14FNO/c1-10(16)13-7-4-8-15(13)9-11-5-2-3-6-12(11)14/h2-8,10,16H,9H2,1H3. The molecule has 1 aromatic carbocycles. The number of halogens is 1. The van der Waals surface area contributed by atoms with Gasteiger partial charge in [0.1, 0.15) is 5.82 Å². The topological polar surface area (TPSA) is 25.2 Å². The van der Waals surface area contributed by atoms with Crippen molar-refractivity contribution >= 4 is 0 Å².